The van der Waals surface area contributed by atoms with Gasteiger partial charge in [0.1, 0.15) is 11.7 Å². The molecule has 0 radical (unpaired) electrons. The summed E-state index contributed by atoms with van der Waals surface area (Å²) in [5.41, 5.74) is 1.73. The summed E-state index contributed by atoms with van der Waals surface area (Å²) in [6.07, 6.45) is 5.08. The van der Waals surface area contributed by atoms with Gasteiger partial charge in [-0.15, -0.1) is 11.3 Å². The molecule has 2 saturated heterocycles. The summed E-state index contributed by atoms with van der Waals surface area (Å²) in [4.78, 5) is 14.9. The summed E-state index contributed by atoms with van der Waals surface area (Å²) in [6.45, 7) is 7.46. The molecule has 0 amide bonds. The summed E-state index contributed by atoms with van der Waals surface area (Å²) < 4.78 is 12.4. The summed E-state index contributed by atoms with van der Waals surface area (Å²) in [5.74, 6) is 0.781. The van der Waals surface area contributed by atoms with Crippen molar-refractivity contribution in [3.63, 3.8) is 0 Å². The molecule has 2 aromatic heterocycles. The van der Waals surface area contributed by atoms with Crippen LogP contribution in [0.2, 0.25) is 4.34 Å². The van der Waals surface area contributed by atoms with Crippen LogP contribution in [0.25, 0.3) is 0 Å². The fraction of sp³-hybridized carbons (Fsp3) is 0.619. The van der Waals surface area contributed by atoms with Gasteiger partial charge < -0.3 is 19.5 Å². The lowest BCUT2D eigenvalue weighted by Crippen LogP contribution is -2.50. The van der Waals surface area contributed by atoms with Crippen LogP contribution in [0.15, 0.2) is 18.5 Å². The Morgan fingerprint density at radius 2 is 2.03 bits per heavy atom. The first-order valence-corrected chi connectivity index (χ1v) is 11.7. The van der Waals surface area contributed by atoms with E-state index < -0.39 is 6.10 Å². The molecular weight excluding hydrogens is 424 g/mol. The molecule has 3 aliphatic rings. The Bertz CT molecular complexity index is 889. The number of piperidine rings is 1. The number of aliphatic hydroxyl groups excluding tert-OH is 1. The molecule has 7 nitrogen and oxygen atoms in total. The summed E-state index contributed by atoms with van der Waals surface area (Å²) in [5, 5.41) is 10.3. The Hall–Kier alpha value is -1.29. The highest BCUT2D eigenvalue weighted by Crippen LogP contribution is 2.50. The lowest BCUT2D eigenvalue weighted by atomic mass is 9.81. The molecule has 5 heterocycles. The zero-order valence-electron chi connectivity index (χ0n) is 17.1. The molecule has 1 spiro atoms. The number of likely N-dealkylation sites (tertiary alicyclic amines) is 1. The van der Waals surface area contributed by atoms with Crippen LogP contribution in [0.1, 0.15) is 41.9 Å². The number of hydrogen-bond acceptors (Lipinski definition) is 8. The third kappa shape index (κ3) is 3.85. The lowest BCUT2D eigenvalue weighted by molar-refractivity contribution is -0.139. The van der Waals surface area contributed by atoms with E-state index in [9.17, 15) is 5.11 Å². The number of ether oxygens (including phenoxy) is 2. The highest BCUT2D eigenvalue weighted by molar-refractivity contribution is 7.16. The molecule has 162 valence electrons. The molecule has 30 heavy (non-hydrogen) atoms. The molecule has 3 aliphatic heterocycles. The number of halogens is 1. The molecule has 1 N–H and O–H groups in total. The molecule has 0 bridgehead atoms. The van der Waals surface area contributed by atoms with Crippen molar-refractivity contribution in [3.05, 3.63) is 38.8 Å². The Balaban J connectivity index is 1.26. The van der Waals surface area contributed by atoms with Gasteiger partial charge >= 0.3 is 0 Å². The first kappa shape index (κ1) is 20.6. The summed E-state index contributed by atoms with van der Waals surface area (Å²) in [6, 6.07) is 2.24. The van der Waals surface area contributed by atoms with Gasteiger partial charge in [0.15, 0.2) is 0 Å². The second-order valence-electron chi connectivity index (χ2n) is 8.42. The molecular formula is C21H27ClN4O3S. The lowest BCUT2D eigenvalue weighted by Gasteiger charge is -2.47. The first-order valence-electron chi connectivity index (χ1n) is 10.5. The van der Waals surface area contributed by atoms with E-state index in [0.717, 1.165) is 78.5 Å². The van der Waals surface area contributed by atoms with Crippen molar-refractivity contribution in [3.8, 4) is 0 Å². The van der Waals surface area contributed by atoms with Crippen LogP contribution < -0.4 is 4.90 Å². The molecule has 5 rings (SSSR count). The van der Waals surface area contributed by atoms with Crippen LogP contribution >= 0.6 is 22.9 Å². The van der Waals surface area contributed by atoms with E-state index in [0.29, 0.717) is 12.6 Å². The van der Waals surface area contributed by atoms with Crippen molar-refractivity contribution in [1.82, 2.24) is 14.9 Å². The van der Waals surface area contributed by atoms with Crippen LogP contribution in [0.3, 0.4) is 0 Å². The Labute approximate surface area is 185 Å². The Morgan fingerprint density at radius 1 is 1.27 bits per heavy atom. The molecule has 0 aromatic carbocycles. The molecule has 2 aromatic rings. The smallest absolute Gasteiger partial charge is 0.225 e. The summed E-state index contributed by atoms with van der Waals surface area (Å²) >= 11 is 7.83. The zero-order chi connectivity index (χ0) is 20.7. The minimum Gasteiger partial charge on any atom is -0.386 e. The average Bonchev–Trinajstić information content (AvgIpc) is 3.18. The van der Waals surface area contributed by atoms with Gasteiger partial charge in [-0.3, -0.25) is 4.90 Å². The van der Waals surface area contributed by atoms with E-state index >= 15 is 0 Å². The van der Waals surface area contributed by atoms with Gasteiger partial charge in [0.05, 0.1) is 24.2 Å². The quantitative estimate of drug-likeness (QED) is 0.770. The minimum atomic E-state index is -0.579. The number of hydrogen-bond donors (Lipinski definition) is 1. The van der Waals surface area contributed by atoms with E-state index in [-0.39, 0.29) is 5.60 Å². The Kier molecular flexibility index (Phi) is 5.72. The number of rotatable bonds is 3. The SMILES string of the molecule is C[C@H]1C[C@@]2(CCN1Cc1cnc(N3CCOCC3)nc1)OC[C@H](O)c1cc(Cl)sc12. The van der Waals surface area contributed by atoms with Gasteiger partial charge in [0.25, 0.3) is 0 Å². The number of thiophene rings is 1. The van der Waals surface area contributed by atoms with Crippen molar-refractivity contribution in [2.45, 2.75) is 44.1 Å². The summed E-state index contributed by atoms with van der Waals surface area (Å²) in [7, 11) is 0. The maximum atomic E-state index is 10.3. The molecule has 3 atom stereocenters. The third-order valence-electron chi connectivity index (χ3n) is 6.44. The van der Waals surface area contributed by atoms with Gasteiger partial charge in [-0.05, 0) is 25.8 Å². The van der Waals surface area contributed by atoms with Crippen LogP contribution in [-0.4, -0.2) is 65.5 Å². The van der Waals surface area contributed by atoms with E-state index in [1.54, 1.807) is 11.3 Å². The van der Waals surface area contributed by atoms with Gasteiger partial charge in [-0.2, -0.15) is 0 Å². The van der Waals surface area contributed by atoms with Gasteiger partial charge in [0.2, 0.25) is 5.95 Å². The maximum absolute atomic E-state index is 10.3. The monoisotopic (exact) mass is 450 g/mol. The highest BCUT2D eigenvalue weighted by Gasteiger charge is 2.46. The topological polar surface area (TPSA) is 71.0 Å². The van der Waals surface area contributed by atoms with Crippen molar-refractivity contribution < 1.29 is 14.6 Å². The van der Waals surface area contributed by atoms with Gasteiger partial charge in [-0.25, -0.2) is 9.97 Å². The number of anilines is 1. The Morgan fingerprint density at radius 3 is 2.77 bits per heavy atom. The molecule has 0 saturated carbocycles. The van der Waals surface area contributed by atoms with E-state index in [4.69, 9.17) is 21.1 Å². The molecule has 0 aliphatic carbocycles. The predicted molar refractivity (Wildman–Crippen MR) is 116 cm³/mol. The van der Waals surface area contributed by atoms with Crippen LogP contribution in [0.4, 0.5) is 5.95 Å². The fourth-order valence-electron chi connectivity index (χ4n) is 4.79. The number of aromatic nitrogens is 2. The zero-order valence-corrected chi connectivity index (χ0v) is 18.7. The van der Waals surface area contributed by atoms with E-state index in [1.807, 2.05) is 18.5 Å². The van der Waals surface area contributed by atoms with E-state index in [2.05, 4.69) is 26.7 Å². The van der Waals surface area contributed by atoms with Crippen molar-refractivity contribution in [2.24, 2.45) is 0 Å². The number of morpholine rings is 1. The third-order valence-corrected chi connectivity index (χ3v) is 7.91. The van der Waals surface area contributed by atoms with Gasteiger partial charge in [-0.1, -0.05) is 11.6 Å². The van der Waals surface area contributed by atoms with Crippen molar-refractivity contribution in [2.75, 3.05) is 44.4 Å². The highest BCUT2D eigenvalue weighted by atomic mass is 35.5. The minimum absolute atomic E-state index is 0.334. The number of nitrogens with zero attached hydrogens (tertiary/aromatic N) is 4. The molecule has 9 heteroatoms. The largest absolute Gasteiger partial charge is 0.386 e. The number of aliphatic hydroxyl groups is 1. The second-order valence-corrected chi connectivity index (χ2v) is 10.1. The van der Waals surface area contributed by atoms with Crippen LogP contribution in [0.5, 0.6) is 0 Å². The molecule has 2 fully saturated rings. The normalized spacial score (nSPS) is 29.9. The average molecular weight is 451 g/mol. The first-order chi connectivity index (χ1) is 14.5. The fourth-order valence-corrected chi connectivity index (χ4v) is 6.26. The standard InChI is InChI=1S/C21H27ClN4O3S/c1-14-9-21(19-16(8-18(22)30-19)17(27)13-29-21)2-3-26(14)12-15-10-23-20(24-11-15)25-4-6-28-7-5-25/h8,10-11,14,17,27H,2-7,9,12-13H2,1H3/t14-,17-,21+/m0/s1. The number of fused-ring (bicyclic) bond motifs is 2. The predicted octanol–water partition coefficient (Wildman–Crippen LogP) is 2.97. The van der Waals surface area contributed by atoms with Crippen molar-refractivity contribution in [1.29, 1.82) is 0 Å². The van der Waals surface area contributed by atoms with Crippen LogP contribution in [-0.2, 0) is 21.6 Å². The van der Waals surface area contributed by atoms with Gasteiger partial charge in [0, 0.05) is 60.6 Å². The molecule has 0 unspecified atom stereocenters. The second kappa shape index (κ2) is 8.33. The van der Waals surface area contributed by atoms with Crippen molar-refractivity contribution >= 4 is 28.9 Å². The maximum Gasteiger partial charge on any atom is 0.225 e. The van der Waals surface area contributed by atoms with Crippen LogP contribution in [0, 0.1) is 0 Å². The van der Waals surface area contributed by atoms with E-state index in [1.165, 1.54) is 0 Å².